The van der Waals surface area contributed by atoms with Crippen molar-refractivity contribution in [3.8, 4) is 10.4 Å². The van der Waals surface area contributed by atoms with Gasteiger partial charge < -0.3 is 21.1 Å². The van der Waals surface area contributed by atoms with Gasteiger partial charge in [0.05, 0.1) is 12.7 Å². The largest absolute Gasteiger partial charge is 0.469 e. The molecule has 0 saturated carbocycles. The third-order valence-corrected chi connectivity index (χ3v) is 7.03. The van der Waals surface area contributed by atoms with Crippen molar-refractivity contribution in [3.63, 3.8) is 0 Å². The first-order chi connectivity index (χ1) is 18.8. The summed E-state index contributed by atoms with van der Waals surface area (Å²) < 4.78 is 5.61. The summed E-state index contributed by atoms with van der Waals surface area (Å²) in [4.78, 5) is 45.3. The molecule has 0 spiro atoms. The zero-order valence-corrected chi connectivity index (χ0v) is 22.5. The molecule has 0 aliphatic carbocycles. The molecule has 2 heterocycles. The number of nitrogen functional groups attached to an aromatic ring is 1. The molecule has 200 valence electrons. The molecule has 4 aromatic rings. The highest BCUT2D eigenvalue weighted by molar-refractivity contribution is 7.22. The Morgan fingerprint density at radius 2 is 1.85 bits per heavy atom. The lowest BCUT2D eigenvalue weighted by molar-refractivity contribution is -0.140. The van der Waals surface area contributed by atoms with Crippen LogP contribution in [0.5, 0.6) is 0 Å². The van der Waals surface area contributed by atoms with E-state index in [-0.39, 0.29) is 12.0 Å². The van der Waals surface area contributed by atoms with E-state index in [1.807, 2.05) is 55.5 Å². The number of hydrogen-bond acceptors (Lipinski definition) is 7. The van der Waals surface area contributed by atoms with Gasteiger partial charge in [0.1, 0.15) is 5.82 Å². The van der Waals surface area contributed by atoms with Gasteiger partial charge in [-0.15, -0.1) is 11.3 Å². The van der Waals surface area contributed by atoms with E-state index >= 15 is 0 Å². The smallest absolute Gasteiger partial charge is 0.323 e. The number of nitrogens with zero attached hydrogens (tertiary/aromatic N) is 2. The van der Waals surface area contributed by atoms with Crippen molar-refractivity contribution in [1.82, 2.24) is 4.98 Å². The third kappa shape index (κ3) is 7.48. The first kappa shape index (κ1) is 27.5. The highest BCUT2D eigenvalue weighted by Gasteiger charge is 2.14. The van der Waals surface area contributed by atoms with Gasteiger partial charge in [0.25, 0.3) is 5.91 Å². The maximum atomic E-state index is 12.6. The molecule has 0 atom stereocenters. The minimum absolute atomic E-state index is 0.249. The molecule has 2 aromatic carbocycles. The van der Waals surface area contributed by atoms with Crippen LogP contribution in [0.3, 0.4) is 0 Å². The van der Waals surface area contributed by atoms with E-state index in [1.54, 1.807) is 12.3 Å². The number of fused-ring (bicyclic) bond motifs is 1. The van der Waals surface area contributed by atoms with Crippen LogP contribution in [-0.2, 0) is 9.53 Å². The van der Waals surface area contributed by atoms with Gasteiger partial charge in [-0.25, -0.2) is 14.8 Å². The van der Waals surface area contributed by atoms with Crippen LogP contribution in [0.4, 0.5) is 22.0 Å². The third-order valence-electron chi connectivity index (χ3n) is 5.88. The quantitative estimate of drug-likeness (QED) is 0.126. The Morgan fingerprint density at radius 1 is 1.05 bits per heavy atom. The lowest BCUT2D eigenvalue weighted by Gasteiger charge is -2.08. The number of pyridine rings is 1. The average molecular weight is 544 g/mol. The zero-order chi connectivity index (χ0) is 27.8. The number of aromatic nitrogens is 1. The number of carbonyl (C=O) groups is 3. The summed E-state index contributed by atoms with van der Waals surface area (Å²) in [5.74, 6) is -0.356. The van der Waals surface area contributed by atoms with Crippen LogP contribution in [0.2, 0.25) is 0 Å². The number of amides is 3. The van der Waals surface area contributed by atoms with Crippen molar-refractivity contribution in [1.29, 1.82) is 0 Å². The molecule has 4 N–H and O–H groups in total. The SMILES string of the molecule is COC(=O)CCCCC=NC(=O)c1cnc(N)c(-c2cc3cc(NC(=O)Nc4cccc(C)c4)ccc3s2)c1. The predicted molar refractivity (Wildman–Crippen MR) is 157 cm³/mol. The summed E-state index contributed by atoms with van der Waals surface area (Å²) in [6, 6.07) is 16.5. The number of nitrogens with one attached hydrogen (secondary N) is 2. The number of thiophene rings is 1. The Hall–Kier alpha value is -4.57. The number of esters is 1. The molecule has 10 heteroatoms. The highest BCUT2D eigenvalue weighted by Crippen LogP contribution is 2.37. The van der Waals surface area contributed by atoms with Crippen LogP contribution in [0.15, 0.2) is 65.8 Å². The van der Waals surface area contributed by atoms with Crippen LogP contribution in [0.1, 0.15) is 41.6 Å². The highest BCUT2D eigenvalue weighted by atomic mass is 32.1. The molecule has 0 unspecified atom stereocenters. The topological polar surface area (TPSA) is 136 Å². The number of anilines is 3. The van der Waals surface area contributed by atoms with E-state index in [9.17, 15) is 14.4 Å². The van der Waals surface area contributed by atoms with E-state index in [4.69, 9.17) is 5.73 Å². The van der Waals surface area contributed by atoms with Crippen molar-refractivity contribution < 1.29 is 19.1 Å². The number of methoxy groups -OCH3 is 1. The fourth-order valence-corrected chi connectivity index (χ4v) is 4.96. The molecule has 0 fully saturated rings. The monoisotopic (exact) mass is 543 g/mol. The lowest BCUT2D eigenvalue weighted by Crippen LogP contribution is -2.19. The van der Waals surface area contributed by atoms with Crippen LogP contribution in [0, 0.1) is 6.92 Å². The maximum Gasteiger partial charge on any atom is 0.323 e. The van der Waals surface area contributed by atoms with Crippen LogP contribution in [-0.4, -0.2) is 36.2 Å². The number of unbranched alkanes of at least 4 members (excludes halogenated alkanes) is 2. The number of nitrogens with two attached hydrogens (primary N) is 1. The van der Waals surface area contributed by atoms with Crippen molar-refractivity contribution in [3.05, 3.63) is 71.9 Å². The number of aliphatic imine (C=N–C) groups is 1. The molecule has 4 rings (SSSR count). The van der Waals surface area contributed by atoms with Gasteiger partial charge in [0.15, 0.2) is 0 Å². The standard InChI is InChI=1S/C29H29N5O4S/c1-18-7-6-8-21(13-18)33-29(37)34-22-10-11-24-19(14-22)16-25(39-24)23-15-20(17-32-27(23)30)28(36)31-12-5-3-4-9-26(35)38-2/h6-8,10-17H,3-5,9H2,1-2H3,(H2,30,32)(H2,33,34,37). The Balaban J connectivity index is 1.43. The number of rotatable bonds is 9. The van der Waals surface area contributed by atoms with E-state index in [2.05, 4.69) is 25.3 Å². The zero-order valence-electron chi connectivity index (χ0n) is 21.7. The molecule has 0 bridgehead atoms. The van der Waals surface area contributed by atoms with Crippen molar-refractivity contribution >= 4 is 62.7 Å². The summed E-state index contributed by atoms with van der Waals surface area (Å²) >= 11 is 1.51. The molecule has 0 radical (unpaired) electrons. The number of hydrogen-bond donors (Lipinski definition) is 3. The molecule has 39 heavy (non-hydrogen) atoms. The van der Waals surface area contributed by atoms with Crippen molar-refractivity contribution in [2.75, 3.05) is 23.5 Å². The lowest BCUT2D eigenvalue weighted by atomic mass is 10.1. The second-order valence-corrected chi connectivity index (χ2v) is 9.99. The summed E-state index contributed by atoms with van der Waals surface area (Å²) in [6.07, 6.45) is 5.28. The molecule has 2 aromatic heterocycles. The average Bonchev–Trinajstić information content (AvgIpc) is 3.33. The van der Waals surface area contributed by atoms with Crippen molar-refractivity contribution in [2.24, 2.45) is 4.99 Å². The first-order valence-corrected chi connectivity index (χ1v) is 13.2. The van der Waals surface area contributed by atoms with Crippen LogP contribution >= 0.6 is 11.3 Å². The van der Waals surface area contributed by atoms with Crippen LogP contribution in [0.25, 0.3) is 20.5 Å². The van der Waals surface area contributed by atoms with Gasteiger partial charge in [-0.2, -0.15) is 0 Å². The molecule has 9 nitrogen and oxygen atoms in total. The second kappa shape index (κ2) is 12.8. The normalized spacial score (nSPS) is 11.0. The summed E-state index contributed by atoms with van der Waals surface area (Å²) in [7, 11) is 1.36. The molecule has 0 aliphatic rings. The van der Waals surface area contributed by atoms with Gasteiger partial charge in [0.2, 0.25) is 0 Å². The van der Waals surface area contributed by atoms with E-state index < -0.39 is 5.91 Å². The summed E-state index contributed by atoms with van der Waals surface area (Å²) in [5, 5.41) is 6.61. The number of aryl methyl sites for hydroxylation is 1. The molecular formula is C29H29N5O4S. The number of ether oxygens (including phenoxy) is 1. The number of benzene rings is 2. The molecule has 0 saturated heterocycles. The van der Waals surface area contributed by atoms with Gasteiger partial charge in [0, 0.05) is 45.3 Å². The van der Waals surface area contributed by atoms with E-state index in [1.165, 1.54) is 24.6 Å². The fourth-order valence-electron chi connectivity index (χ4n) is 3.89. The Labute approximate surface area is 230 Å². The minimum atomic E-state index is -0.413. The summed E-state index contributed by atoms with van der Waals surface area (Å²) in [5.41, 5.74) is 9.54. The second-order valence-electron chi connectivity index (χ2n) is 8.91. The van der Waals surface area contributed by atoms with E-state index in [0.717, 1.165) is 26.9 Å². The Kier molecular flexibility index (Phi) is 9.01. The van der Waals surface area contributed by atoms with Gasteiger partial charge >= 0.3 is 12.0 Å². The van der Waals surface area contributed by atoms with E-state index in [0.29, 0.717) is 47.6 Å². The predicted octanol–water partition coefficient (Wildman–Crippen LogP) is 6.44. The van der Waals surface area contributed by atoms with Gasteiger partial charge in [-0.3, -0.25) is 9.59 Å². The Morgan fingerprint density at radius 3 is 2.62 bits per heavy atom. The Bertz CT molecular complexity index is 1550. The van der Waals surface area contributed by atoms with Gasteiger partial charge in [-0.05, 0) is 79.6 Å². The number of carbonyl (C=O) groups excluding carboxylic acids is 3. The van der Waals surface area contributed by atoms with Crippen molar-refractivity contribution in [2.45, 2.75) is 32.6 Å². The fraction of sp³-hybridized carbons (Fsp3) is 0.207. The first-order valence-electron chi connectivity index (χ1n) is 12.4. The van der Waals surface area contributed by atoms with Crippen LogP contribution < -0.4 is 16.4 Å². The molecule has 0 aliphatic heterocycles. The minimum Gasteiger partial charge on any atom is -0.469 e. The van der Waals surface area contributed by atoms with Gasteiger partial charge in [-0.1, -0.05) is 12.1 Å². The number of urea groups is 1. The summed E-state index contributed by atoms with van der Waals surface area (Å²) in [6.45, 7) is 1.96. The molecular weight excluding hydrogens is 514 g/mol. The maximum absolute atomic E-state index is 12.6. The molecule has 3 amide bonds.